The van der Waals surface area contributed by atoms with Gasteiger partial charge in [0.25, 0.3) is 0 Å². The first-order chi connectivity index (χ1) is 10.1. The number of fused-ring (bicyclic) bond motifs is 2. The molecule has 5 nitrogen and oxygen atoms in total. The minimum Gasteiger partial charge on any atom is -0.322 e. The van der Waals surface area contributed by atoms with E-state index in [9.17, 15) is 4.79 Å². The Morgan fingerprint density at radius 1 is 0.909 bits per heavy atom. The maximum Gasteiger partial charge on any atom is 0.320 e. The fraction of sp³-hybridized carbons (Fsp3) is 0.938. The van der Waals surface area contributed by atoms with Gasteiger partial charge in [0.15, 0.2) is 0 Å². The highest BCUT2D eigenvalue weighted by atomic mass is 127. The molecule has 0 N–H and O–H groups in total. The Bertz CT molecular complexity index is 320. The summed E-state index contributed by atoms with van der Waals surface area (Å²) in [6.45, 7) is 19.5. The average Bonchev–Trinajstić information content (AvgIpc) is 2.82. The summed E-state index contributed by atoms with van der Waals surface area (Å²) in [7, 11) is 0. The number of halogens is 1. The molecule has 2 bridgehead atoms. The fourth-order valence-corrected chi connectivity index (χ4v) is 2.88. The van der Waals surface area contributed by atoms with Crippen molar-refractivity contribution in [3.05, 3.63) is 0 Å². The molecule has 0 aromatic carbocycles. The molecule has 2 aliphatic rings. The van der Waals surface area contributed by atoms with Crippen LogP contribution in [0.2, 0.25) is 0 Å². The molecule has 2 fully saturated rings. The van der Waals surface area contributed by atoms with Crippen LogP contribution in [0.1, 0.15) is 36.0 Å². The fourth-order valence-electron chi connectivity index (χ4n) is 2.88. The Balaban J connectivity index is 0. The van der Waals surface area contributed by atoms with Crippen LogP contribution in [0.15, 0.2) is 0 Å². The van der Waals surface area contributed by atoms with E-state index in [2.05, 4.69) is 30.6 Å². The molecule has 2 saturated heterocycles. The van der Waals surface area contributed by atoms with Gasteiger partial charge in [-0.05, 0) is 20.4 Å². The van der Waals surface area contributed by atoms with Crippen LogP contribution in [0.5, 0.6) is 0 Å². The van der Waals surface area contributed by atoms with Crippen LogP contribution in [0.25, 0.3) is 0 Å². The number of urea groups is 1. The molecule has 2 aliphatic heterocycles. The predicted molar refractivity (Wildman–Crippen MR) is 106 cm³/mol. The zero-order valence-electron chi connectivity index (χ0n) is 15.0. The van der Waals surface area contributed by atoms with Crippen molar-refractivity contribution in [3.63, 3.8) is 0 Å². The number of carbonyl (C=O) groups is 1. The lowest BCUT2D eigenvalue weighted by atomic mass is 10.3. The highest BCUT2D eigenvalue weighted by Crippen LogP contribution is 2.11. The van der Waals surface area contributed by atoms with Gasteiger partial charge in [0.2, 0.25) is 0 Å². The standard InChI is InChI=1S/C14H28N4O.C2H6.HI.H2/c1-4-15-5-7-16(13(2)3)9-10-18-12-11-17(8-6-15)14(18)19;1-2;;/h13H,4-12H2,1-3H3;1-2H3;2*1H. The van der Waals surface area contributed by atoms with Crippen molar-refractivity contribution in [1.82, 2.24) is 19.6 Å². The van der Waals surface area contributed by atoms with E-state index in [4.69, 9.17) is 0 Å². The highest BCUT2D eigenvalue weighted by Gasteiger charge is 2.29. The second-order valence-corrected chi connectivity index (χ2v) is 5.82. The summed E-state index contributed by atoms with van der Waals surface area (Å²) in [4.78, 5) is 21.2. The topological polar surface area (TPSA) is 30.0 Å². The number of hydrogen-bond acceptors (Lipinski definition) is 3. The van der Waals surface area contributed by atoms with Gasteiger partial charge in [-0.15, -0.1) is 24.0 Å². The van der Waals surface area contributed by atoms with Crippen molar-refractivity contribution in [2.75, 3.05) is 58.9 Å². The number of carbonyl (C=O) groups excluding carboxylic acids is 1. The van der Waals surface area contributed by atoms with Gasteiger partial charge in [0.1, 0.15) is 0 Å². The van der Waals surface area contributed by atoms with Crippen molar-refractivity contribution in [2.45, 2.75) is 40.7 Å². The van der Waals surface area contributed by atoms with Crippen LogP contribution in [-0.4, -0.2) is 90.6 Å². The maximum absolute atomic E-state index is 12.2. The lowest BCUT2D eigenvalue weighted by molar-refractivity contribution is 0.166. The largest absolute Gasteiger partial charge is 0.322 e. The van der Waals surface area contributed by atoms with Crippen LogP contribution < -0.4 is 0 Å². The summed E-state index contributed by atoms with van der Waals surface area (Å²) in [5, 5.41) is 0. The molecule has 22 heavy (non-hydrogen) atoms. The van der Waals surface area contributed by atoms with Crippen molar-refractivity contribution >= 4 is 30.0 Å². The zero-order valence-corrected chi connectivity index (χ0v) is 17.4. The minimum atomic E-state index is 0. The summed E-state index contributed by atoms with van der Waals surface area (Å²) < 4.78 is 0. The van der Waals surface area contributed by atoms with E-state index in [1.807, 2.05) is 23.6 Å². The monoisotopic (exact) mass is 428 g/mol. The third-order valence-electron chi connectivity index (χ3n) is 4.41. The van der Waals surface area contributed by atoms with E-state index in [1.54, 1.807) is 0 Å². The van der Waals surface area contributed by atoms with Crippen LogP contribution in [0, 0.1) is 0 Å². The lowest BCUT2D eigenvalue weighted by Crippen LogP contribution is -2.42. The molecular weight excluding hydrogens is 391 g/mol. The SMILES string of the molecule is CC.CCN1CCN2CCN(CCN(C(C)C)CC1)C2=O.I.[HH]. The summed E-state index contributed by atoms with van der Waals surface area (Å²) in [5.74, 6) is 0. The average molecular weight is 428 g/mol. The Morgan fingerprint density at radius 2 is 1.32 bits per heavy atom. The lowest BCUT2D eigenvalue weighted by Gasteiger charge is -2.30. The Hall–Kier alpha value is -0.0800. The molecule has 0 radical (unpaired) electrons. The van der Waals surface area contributed by atoms with Crippen molar-refractivity contribution in [2.24, 2.45) is 0 Å². The Kier molecular flexibility index (Phi) is 11.4. The molecule has 0 aromatic heterocycles. The van der Waals surface area contributed by atoms with E-state index in [0.717, 1.165) is 58.9 Å². The smallest absolute Gasteiger partial charge is 0.320 e. The van der Waals surface area contributed by atoms with E-state index in [1.165, 1.54) is 0 Å². The van der Waals surface area contributed by atoms with Gasteiger partial charge < -0.3 is 14.7 Å². The van der Waals surface area contributed by atoms with Gasteiger partial charge in [0.05, 0.1) is 0 Å². The normalized spacial score (nSPS) is 21.1. The van der Waals surface area contributed by atoms with E-state index < -0.39 is 0 Å². The van der Waals surface area contributed by atoms with Gasteiger partial charge in [-0.3, -0.25) is 4.90 Å². The summed E-state index contributed by atoms with van der Waals surface area (Å²) >= 11 is 0. The minimum absolute atomic E-state index is 0. The number of nitrogens with zero attached hydrogens (tertiary/aromatic N) is 4. The molecule has 6 heteroatoms. The molecule has 0 saturated carbocycles. The Labute approximate surface area is 155 Å². The Morgan fingerprint density at radius 3 is 1.82 bits per heavy atom. The molecule has 2 heterocycles. The number of amides is 2. The molecule has 0 aromatic rings. The highest BCUT2D eigenvalue weighted by molar-refractivity contribution is 14.0. The first-order valence-corrected chi connectivity index (χ1v) is 8.62. The molecule has 2 rings (SSSR count). The zero-order chi connectivity index (χ0) is 15.8. The van der Waals surface area contributed by atoms with Gasteiger partial charge >= 0.3 is 6.03 Å². The van der Waals surface area contributed by atoms with Crippen molar-refractivity contribution in [3.8, 4) is 0 Å². The quantitative estimate of drug-likeness (QED) is 0.634. The molecule has 0 atom stereocenters. The molecule has 0 aliphatic carbocycles. The second kappa shape index (κ2) is 11.5. The van der Waals surface area contributed by atoms with Gasteiger partial charge in [0, 0.05) is 59.8 Å². The second-order valence-electron chi connectivity index (χ2n) is 5.82. The molecule has 2 amide bonds. The number of hydrogen-bond donors (Lipinski definition) is 0. The maximum atomic E-state index is 12.2. The van der Waals surface area contributed by atoms with E-state index in [-0.39, 0.29) is 31.4 Å². The van der Waals surface area contributed by atoms with Crippen LogP contribution >= 0.6 is 24.0 Å². The van der Waals surface area contributed by atoms with E-state index >= 15 is 0 Å². The van der Waals surface area contributed by atoms with Gasteiger partial charge in [-0.25, -0.2) is 4.79 Å². The molecular formula is C16H37IN4O. The molecule has 0 spiro atoms. The van der Waals surface area contributed by atoms with E-state index in [0.29, 0.717) is 6.04 Å². The third-order valence-corrected chi connectivity index (χ3v) is 4.41. The van der Waals surface area contributed by atoms with Crippen molar-refractivity contribution < 1.29 is 6.22 Å². The third kappa shape index (κ3) is 6.20. The van der Waals surface area contributed by atoms with Gasteiger partial charge in [-0.2, -0.15) is 0 Å². The summed E-state index contributed by atoms with van der Waals surface area (Å²) in [6.07, 6.45) is 0. The number of likely N-dealkylation sites (N-methyl/N-ethyl adjacent to an activating group) is 1. The molecule has 0 unspecified atom stereocenters. The van der Waals surface area contributed by atoms with Crippen molar-refractivity contribution in [1.29, 1.82) is 0 Å². The molecule has 134 valence electrons. The van der Waals surface area contributed by atoms with Crippen LogP contribution in [0.4, 0.5) is 4.79 Å². The predicted octanol–water partition coefficient (Wildman–Crippen LogP) is 2.66. The van der Waals surface area contributed by atoms with Crippen LogP contribution in [0.3, 0.4) is 0 Å². The van der Waals surface area contributed by atoms with Crippen LogP contribution in [-0.2, 0) is 0 Å². The number of rotatable bonds is 2. The summed E-state index contributed by atoms with van der Waals surface area (Å²) in [5.41, 5.74) is 0. The van der Waals surface area contributed by atoms with Gasteiger partial charge in [-0.1, -0.05) is 20.8 Å². The first-order valence-electron chi connectivity index (χ1n) is 8.62. The summed E-state index contributed by atoms with van der Waals surface area (Å²) in [6, 6.07) is 0.787. The first kappa shape index (κ1) is 21.9.